The van der Waals surface area contributed by atoms with Gasteiger partial charge in [-0.2, -0.15) is 0 Å². The SMILES string of the molecule is O=Cc1ccc(Nc2nc(-c3c(F)cccc3Cl)n3cc[nH]c(=O)c23)cc1. The van der Waals surface area contributed by atoms with E-state index in [4.69, 9.17) is 11.6 Å². The van der Waals surface area contributed by atoms with Crippen LogP contribution in [0.5, 0.6) is 0 Å². The molecule has 0 saturated carbocycles. The number of nitrogens with zero attached hydrogens (tertiary/aromatic N) is 2. The van der Waals surface area contributed by atoms with E-state index in [0.29, 0.717) is 11.3 Å². The Morgan fingerprint density at radius 1 is 1.19 bits per heavy atom. The van der Waals surface area contributed by atoms with Gasteiger partial charge in [0.25, 0.3) is 5.56 Å². The molecule has 0 bridgehead atoms. The molecule has 0 amide bonds. The maximum atomic E-state index is 14.4. The summed E-state index contributed by atoms with van der Waals surface area (Å²) < 4.78 is 15.9. The van der Waals surface area contributed by atoms with Crippen molar-refractivity contribution in [2.45, 2.75) is 0 Å². The number of imidazole rings is 1. The molecule has 0 atom stereocenters. The summed E-state index contributed by atoms with van der Waals surface area (Å²) in [7, 11) is 0. The molecule has 0 radical (unpaired) electrons. The normalized spacial score (nSPS) is 10.9. The molecular formula is C19H12ClFN4O2. The highest BCUT2D eigenvalue weighted by Gasteiger charge is 2.20. The number of benzene rings is 2. The molecule has 0 aliphatic carbocycles. The maximum absolute atomic E-state index is 14.4. The first-order valence-electron chi connectivity index (χ1n) is 7.95. The second kappa shape index (κ2) is 6.69. The van der Waals surface area contributed by atoms with Crippen LogP contribution in [0.3, 0.4) is 0 Å². The number of hydrogen-bond donors (Lipinski definition) is 2. The van der Waals surface area contributed by atoms with Gasteiger partial charge in [0.1, 0.15) is 12.1 Å². The minimum Gasteiger partial charge on any atom is -0.338 e. The number of halogens is 2. The third-order valence-corrected chi connectivity index (χ3v) is 4.38. The van der Waals surface area contributed by atoms with E-state index in [-0.39, 0.29) is 27.7 Å². The molecule has 0 fully saturated rings. The highest BCUT2D eigenvalue weighted by atomic mass is 35.5. The van der Waals surface area contributed by atoms with Crippen molar-refractivity contribution < 1.29 is 9.18 Å². The molecule has 0 unspecified atom stereocenters. The smallest absolute Gasteiger partial charge is 0.276 e. The van der Waals surface area contributed by atoms with E-state index in [9.17, 15) is 14.0 Å². The van der Waals surface area contributed by atoms with Crippen LogP contribution in [0.15, 0.2) is 59.7 Å². The van der Waals surface area contributed by atoms with E-state index in [1.807, 2.05) is 0 Å². The molecule has 2 heterocycles. The van der Waals surface area contributed by atoms with Crippen LogP contribution in [0.1, 0.15) is 10.4 Å². The van der Waals surface area contributed by atoms with Crippen LogP contribution < -0.4 is 10.9 Å². The second-order valence-electron chi connectivity index (χ2n) is 5.75. The van der Waals surface area contributed by atoms with Crippen molar-refractivity contribution in [3.05, 3.63) is 81.6 Å². The van der Waals surface area contributed by atoms with Gasteiger partial charge in [-0.25, -0.2) is 9.37 Å². The number of aldehydes is 1. The number of aromatic amines is 1. The number of carbonyl (C=O) groups excluding carboxylic acids is 1. The maximum Gasteiger partial charge on any atom is 0.276 e. The van der Waals surface area contributed by atoms with Gasteiger partial charge in [0.05, 0.1) is 10.6 Å². The fraction of sp³-hybridized carbons (Fsp3) is 0. The van der Waals surface area contributed by atoms with E-state index < -0.39 is 11.4 Å². The van der Waals surface area contributed by atoms with Crippen molar-refractivity contribution in [3.63, 3.8) is 0 Å². The van der Waals surface area contributed by atoms with Crippen LogP contribution in [-0.2, 0) is 0 Å². The van der Waals surface area contributed by atoms with Crippen LogP contribution in [0, 0.1) is 5.82 Å². The van der Waals surface area contributed by atoms with E-state index in [0.717, 1.165) is 6.29 Å². The Balaban J connectivity index is 1.91. The van der Waals surface area contributed by atoms with Gasteiger partial charge in [0.15, 0.2) is 17.2 Å². The Morgan fingerprint density at radius 3 is 2.67 bits per heavy atom. The quantitative estimate of drug-likeness (QED) is 0.522. The van der Waals surface area contributed by atoms with Crippen molar-refractivity contribution >= 4 is 34.9 Å². The zero-order valence-electron chi connectivity index (χ0n) is 13.7. The summed E-state index contributed by atoms with van der Waals surface area (Å²) in [4.78, 5) is 30.2. The van der Waals surface area contributed by atoms with E-state index in [1.165, 1.54) is 22.7 Å². The number of anilines is 2. The average molecular weight is 383 g/mol. The zero-order valence-corrected chi connectivity index (χ0v) is 14.5. The summed E-state index contributed by atoms with van der Waals surface area (Å²) in [5, 5.41) is 3.22. The summed E-state index contributed by atoms with van der Waals surface area (Å²) in [5.74, 6) is -0.104. The Kier molecular flexibility index (Phi) is 4.21. The minimum absolute atomic E-state index is 0.101. The van der Waals surface area contributed by atoms with Crippen molar-refractivity contribution in [1.82, 2.24) is 14.4 Å². The Morgan fingerprint density at radius 2 is 1.96 bits per heavy atom. The number of carbonyl (C=O) groups is 1. The minimum atomic E-state index is -0.545. The Labute approximate surface area is 157 Å². The van der Waals surface area contributed by atoms with Gasteiger partial charge >= 0.3 is 0 Å². The summed E-state index contributed by atoms with van der Waals surface area (Å²) in [5.41, 5.74) is 1.06. The van der Waals surface area contributed by atoms with E-state index in [2.05, 4.69) is 15.3 Å². The second-order valence-corrected chi connectivity index (χ2v) is 6.16. The molecule has 2 N–H and O–H groups in total. The molecule has 2 aromatic carbocycles. The lowest BCUT2D eigenvalue weighted by Gasteiger charge is -2.04. The van der Waals surface area contributed by atoms with Gasteiger partial charge in [-0.05, 0) is 36.4 Å². The molecule has 4 rings (SSSR count). The lowest BCUT2D eigenvalue weighted by atomic mass is 10.2. The van der Waals surface area contributed by atoms with Gasteiger partial charge in [-0.3, -0.25) is 14.0 Å². The van der Waals surface area contributed by atoms with Crippen molar-refractivity contribution in [2.24, 2.45) is 0 Å². The molecule has 4 aromatic rings. The molecule has 0 aliphatic rings. The number of aromatic nitrogens is 3. The van der Waals surface area contributed by atoms with Crippen molar-refractivity contribution in [3.8, 4) is 11.4 Å². The molecule has 134 valence electrons. The highest BCUT2D eigenvalue weighted by Crippen LogP contribution is 2.32. The van der Waals surface area contributed by atoms with Gasteiger partial charge in [-0.15, -0.1) is 0 Å². The van der Waals surface area contributed by atoms with Crippen molar-refractivity contribution in [2.75, 3.05) is 5.32 Å². The first-order chi connectivity index (χ1) is 13.1. The molecule has 0 saturated heterocycles. The molecule has 8 heteroatoms. The number of nitrogens with one attached hydrogen (secondary N) is 2. The van der Waals surface area contributed by atoms with E-state index in [1.54, 1.807) is 36.5 Å². The topological polar surface area (TPSA) is 79.3 Å². The van der Waals surface area contributed by atoms with Gasteiger partial charge in [-0.1, -0.05) is 17.7 Å². The molecule has 2 aromatic heterocycles. The molecule has 0 aliphatic heterocycles. The lowest BCUT2D eigenvalue weighted by molar-refractivity contribution is 0.112. The van der Waals surface area contributed by atoms with Crippen LogP contribution in [0.2, 0.25) is 5.02 Å². The third kappa shape index (κ3) is 2.98. The predicted molar refractivity (Wildman–Crippen MR) is 101 cm³/mol. The lowest BCUT2D eigenvalue weighted by Crippen LogP contribution is -2.09. The summed E-state index contributed by atoms with van der Waals surface area (Å²) in [6, 6.07) is 11.0. The molecule has 0 spiro atoms. The number of fused-ring (bicyclic) bond motifs is 1. The Hall–Kier alpha value is -3.45. The van der Waals surface area contributed by atoms with Crippen LogP contribution in [0.25, 0.3) is 16.9 Å². The fourth-order valence-electron chi connectivity index (χ4n) is 2.81. The fourth-order valence-corrected chi connectivity index (χ4v) is 3.05. The first kappa shape index (κ1) is 17.0. The highest BCUT2D eigenvalue weighted by molar-refractivity contribution is 6.33. The van der Waals surface area contributed by atoms with Crippen LogP contribution >= 0.6 is 11.6 Å². The largest absolute Gasteiger partial charge is 0.338 e. The van der Waals surface area contributed by atoms with Crippen molar-refractivity contribution in [1.29, 1.82) is 0 Å². The van der Waals surface area contributed by atoms with E-state index >= 15 is 0 Å². The number of rotatable bonds is 4. The predicted octanol–water partition coefficient (Wildman–Crippen LogP) is 4.04. The summed E-state index contributed by atoms with van der Waals surface area (Å²) >= 11 is 6.17. The average Bonchev–Trinajstić information content (AvgIpc) is 3.02. The first-order valence-corrected chi connectivity index (χ1v) is 8.32. The van der Waals surface area contributed by atoms with Gasteiger partial charge in [0, 0.05) is 23.6 Å². The number of hydrogen-bond acceptors (Lipinski definition) is 4. The molecular weight excluding hydrogens is 371 g/mol. The Bertz CT molecular complexity index is 1190. The number of H-pyrrole nitrogens is 1. The summed E-state index contributed by atoms with van der Waals surface area (Å²) in [6.45, 7) is 0. The molecule has 27 heavy (non-hydrogen) atoms. The monoisotopic (exact) mass is 382 g/mol. The zero-order chi connectivity index (χ0) is 19.0. The van der Waals surface area contributed by atoms with Crippen LogP contribution in [-0.4, -0.2) is 20.7 Å². The standard InChI is InChI=1S/C19H12ClFN4O2/c20-13-2-1-3-14(21)15(13)18-24-17(16-19(27)22-8-9-25(16)18)23-12-6-4-11(10-26)5-7-12/h1-10,23H,(H,22,27). The van der Waals surface area contributed by atoms with Gasteiger partial charge < -0.3 is 10.3 Å². The third-order valence-electron chi connectivity index (χ3n) is 4.06. The molecule has 6 nitrogen and oxygen atoms in total. The summed E-state index contributed by atoms with van der Waals surface area (Å²) in [6.07, 6.45) is 3.75. The van der Waals surface area contributed by atoms with Crippen LogP contribution in [0.4, 0.5) is 15.9 Å². The van der Waals surface area contributed by atoms with Gasteiger partial charge in [0.2, 0.25) is 0 Å².